The number of nitrogens with two attached hydrogens (primary N) is 1. The molecule has 1 aliphatic rings. The Bertz CT molecular complexity index is 435. The number of aryl methyl sites for hydroxylation is 1. The van der Waals surface area contributed by atoms with Gasteiger partial charge in [0.2, 0.25) is 0 Å². The van der Waals surface area contributed by atoms with Gasteiger partial charge in [-0.3, -0.25) is 4.90 Å². The van der Waals surface area contributed by atoms with E-state index in [1.54, 1.807) is 0 Å². The van der Waals surface area contributed by atoms with Crippen molar-refractivity contribution in [3.05, 3.63) is 34.9 Å². The van der Waals surface area contributed by atoms with Gasteiger partial charge in [-0.05, 0) is 69.8 Å². The predicted octanol–water partition coefficient (Wildman–Crippen LogP) is 3.57. The first-order chi connectivity index (χ1) is 9.00. The highest BCUT2D eigenvalue weighted by Crippen LogP contribution is 2.36. The van der Waals surface area contributed by atoms with E-state index in [-0.39, 0.29) is 11.6 Å². The maximum absolute atomic E-state index is 6.69. The molecule has 1 heterocycles. The minimum Gasteiger partial charge on any atom is -0.322 e. The summed E-state index contributed by atoms with van der Waals surface area (Å²) >= 11 is 0. The van der Waals surface area contributed by atoms with Gasteiger partial charge in [-0.25, -0.2) is 0 Å². The van der Waals surface area contributed by atoms with Gasteiger partial charge in [-0.2, -0.15) is 0 Å². The molecule has 1 fully saturated rings. The van der Waals surface area contributed by atoms with Crippen molar-refractivity contribution in [3.63, 3.8) is 0 Å². The summed E-state index contributed by atoms with van der Waals surface area (Å²) in [5.41, 5.74) is 10.8. The lowest BCUT2D eigenvalue weighted by Crippen LogP contribution is -2.52. The molecule has 2 heteroatoms. The van der Waals surface area contributed by atoms with Crippen LogP contribution < -0.4 is 5.73 Å². The molecule has 0 amide bonds. The molecule has 1 aromatic carbocycles. The first-order valence-electron chi connectivity index (χ1n) is 7.57. The van der Waals surface area contributed by atoms with Crippen LogP contribution in [0.25, 0.3) is 0 Å². The molecule has 1 aromatic rings. The van der Waals surface area contributed by atoms with Crippen molar-refractivity contribution in [2.75, 3.05) is 13.1 Å². The van der Waals surface area contributed by atoms with Crippen LogP contribution in [0.1, 0.15) is 55.8 Å². The van der Waals surface area contributed by atoms with Crippen LogP contribution >= 0.6 is 0 Å². The SMILES string of the molecule is CCC(C)(C(N)c1cccc(C)c1C)N1CCCC1. The van der Waals surface area contributed by atoms with Crippen molar-refractivity contribution < 1.29 is 0 Å². The minimum atomic E-state index is 0.0784. The van der Waals surface area contributed by atoms with Gasteiger partial charge in [0.1, 0.15) is 0 Å². The van der Waals surface area contributed by atoms with Crippen LogP contribution in [0.3, 0.4) is 0 Å². The van der Waals surface area contributed by atoms with E-state index >= 15 is 0 Å². The van der Waals surface area contributed by atoms with Gasteiger partial charge in [0.25, 0.3) is 0 Å². The summed E-state index contributed by atoms with van der Waals surface area (Å²) in [6.07, 6.45) is 3.73. The average Bonchev–Trinajstić information content (AvgIpc) is 2.94. The number of nitrogens with zero attached hydrogens (tertiary/aromatic N) is 1. The van der Waals surface area contributed by atoms with Crippen molar-refractivity contribution in [2.45, 2.75) is 58.5 Å². The molecular weight excluding hydrogens is 232 g/mol. The molecular formula is C17H28N2. The molecule has 0 radical (unpaired) electrons. The smallest absolute Gasteiger partial charge is 0.0482 e. The third-order valence-electron chi connectivity index (χ3n) is 5.20. The summed E-state index contributed by atoms with van der Waals surface area (Å²) in [4.78, 5) is 2.60. The third-order valence-corrected chi connectivity index (χ3v) is 5.20. The van der Waals surface area contributed by atoms with Crippen LogP contribution in [0.15, 0.2) is 18.2 Å². The van der Waals surface area contributed by atoms with Gasteiger partial charge in [-0.15, -0.1) is 0 Å². The normalized spacial score (nSPS) is 21.3. The molecule has 19 heavy (non-hydrogen) atoms. The zero-order valence-electron chi connectivity index (χ0n) is 12.9. The van der Waals surface area contributed by atoms with Crippen molar-refractivity contribution >= 4 is 0 Å². The Balaban J connectivity index is 2.34. The first-order valence-corrected chi connectivity index (χ1v) is 7.57. The Labute approximate surface area is 118 Å². The van der Waals surface area contributed by atoms with E-state index in [4.69, 9.17) is 5.73 Å². The van der Waals surface area contributed by atoms with E-state index < -0.39 is 0 Å². The Morgan fingerprint density at radius 3 is 2.47 bits per heavy atom. The molecule has 2 rings (SSSR count). The van der Waals surface area contributed by atoms with Crippen molar-refractivity contribution in [1.82, 2.24) is 4.90 Å². The molecule has 0 saturated carbocycles. The van der Waals surface area contributed by atoms with Gasteiger partial charge in [0.05, 0.1) is 0 Å². The molecule has 1 aliphatic heterocycles. The van der Waals surface area contributed by atoms with E-state index in [0.717, 1.165) is 6.42 Å². The fraction of sp³-hybridized carbons (Fsp3) is 0.647. The lowest BCUT2D eigenvalue weighted by atomic mass is 9.81. The van der Waals surface area contributed by atoms with Gasteiger partial charge >= 0.3 is 0 Å². The molecule has 2 atom stereocenters. The van der Waals surface area contributed by atoms with E-state index in [0.29, 0.717) is 0 Å². The molecule has 0 bridgehead atoms. The highest BCUT2D eigenvalue weighted by molar-refractivity contribution is 5.37. The van der Waals surface area contributed by atoms with Crippen LogP contribution in [0.2, 0.25) is 0 Å². The van der Waals surface area contributed by atoms with E-state index in [1.807, 2.05) is 0 Å². The average molecular weight is 260 g/mol. The molecule has 0 aliphatic carbocycles. The minimum absolute atomic E-state index is 0.0784. The first kappa shape index (κ1) is 14.5. The maximum atomic E-state index is 6.69. The van der Waals surface area contributed by atoms with Crippen LogP contribution in [-0.4, -0.2) is 23.5 Å². The van der Waals surface area contributed by atoms with Crippen molar-refractivity contribution in [2.24, 2.45) is 5.73 Å². The quantitative estimate of drug-likeness (QED) is 0.896. The summed E-state index contributed by atoms with van der Waals surface area (Å²) in [6, 6.07) is 6.61. The van der Waals surface area contributed by atoms with Crippen molar-refractivity contribution in [1.29, 1.82) is 0 Å². The molecule has 106 valence electrons. The summed E-state index contributed by atoms with van der Waals surface area (Å²) in [6.45, 7) is 11.4. The highest BCUT2D eigenvalue weighted by Gasteiger charge is 2.38. The standard InChI is InChI=1S/C17H28N2/c1-5-17(4,19-11-6-7-12-19)16(18)15-10-8-9-13(2)14(15)3/h8-10,16H,5-7,11-12,18H2,1-4H3. The second-order valence-corrected chi connectivity index (χ2v) is 6.17. The lowest BCUT2D eigenvalue weighted by Gasteiger charge is -2.43. The van der Waals surface area contributed by atoms with E-state index in [9.17, 15) is 0 Å². The molecule has 2 N–H and O–H groups in total. The molecule has 2 unspecified atom stereocenters. The summed E-state index contributed by atoms with van der Waals surface area (Å²) in [5.74, 6) is 0. The zero-order valence-corrected chi connectivity index (χ0v) is 12.9. The number of benzene rings is 1. The Kier molecular flexibility index (Phi) is 4.32. The monoisotopic (exact) mass is 260 g/mol. The Hall–Kier alpha value is -0.860. The van der Waals surface area contributed by atoms with Gasteiger partial charge in [0, 0.05) is 11.6 Å². The van der Waals surface area contributed by atoms with Gasteiger partial charge in [-0.1, -0.05) is 25.1 Å². The maximum Gasteiger partial charge on any atom is 0.0482 e. The zero-order chi connectivity index (χ0) is 14.0. The fourth-order valence-corrected chi connectivity index (χ4v) is 3.31. The molecule has 1 saturated heterocycles. The third kappa shape index (κ3) is 2.56. The summed E-state index contributed by atoms with van der Waals surface area (Å²) < 4.78 is 0. The second-order valence-electron chi connectivity index (χ2n) is 6.17. The Morgan fingerprint density at radius 2 is 1.89 bits per heavy atom. The topological polar surface area (TPSA) is 29.3 Å². The van der Waals surface area contributed by atoms with Crippen LogP contribution in [-0.2, 0) is 0 Å². The van der Waals surface area contributed by atoms with E-state index in [1.165, 1.54) is 42.6 Å². The second kappa shape index (κ2) is 5.64. The van der Waals surface area contributed by atoms with Gasteiger partial charge in [0.15, 0.2) is 0 Å². The van der Waals surface area contributed by atoms with Crippen LogP contribution in [0, 0.1) is 13.8 Å². The number of hydrogen-bond donors (Lipinski definition) is 1. The predicted molar refractivity (Wildman–Crippen MR) is 82.3 cm³/mol. The fourth-order valence-electron chi connectivity index (χ4n) is 3.31. The molecule has 2 nitrogen and oxygen atoms in total. The number of likely N-dealkylation sites (tertiary alicyclic amines) is 1. The highest BCUT2D eigenvalue weighted by atomic mass is 15.2. The van der Waals surface area contributed by atoms with Crippen LogP contribution in [0.5, 0.6) is 0 Å². The summed E-state index contributed by atoms with van der Waals surface area (Å²) in [7, 11) is 0. The van der Waals surface area contributed by atoms with Crippen molar-refractivity contribution in [3.8, 4) is 0 Å². The molecule has 0 spiro atoms. The van der Waals surface area contributed by atoms with E-state index in [2.05, 4.69) is 50.8 Å². The number of hydrogen-bond acceptors (Lipinski definition) is 2. The van der Waals surface area contributed by atoms with Gasteiger partial charge < -0.3 is 5.73 Å². The largest absolute Gasteiger partial charge is 0.322 e. The number of rotatable bonds is 4. The molecule has 0 aromatic heterocycles. The lowest BCUT2D eigenvalue weighted by molar-refractivity contribution is 0.0997. The van der Waals surface area contributed by atoms with Crippen LogP contribution in [0.4, 0.5) is 0 Å². The summed E-state index contributed by atoms with van der Waals surface area (Å²) in [5, 5.41) is 0. The Morgan fingerprint density at radius 1 is 1.26 bits per heavy atom.